The number of primary amides is 1. The minimum atomic E-state index is -0.749. The fraction of sp³-hybridized carbons (Fsp3) is 0.400. The number of amides is 2. The number of fused-ring (bicyclic) bond motifs is 1. The first-order valence-corrected chi connectivity index (χ1v) is 9.34. The van der Waals surface area contributed by atoms with Crippen LogP contribution in [0, 0.1) is 12.7 Å². The summed E-state index contributed by atoms with van der Waals surface area (Å²) in [5.41, 5.74) is 6.68. The van der Waals surface area contributed by atoms with Crippen molar-refractivity contribution in [1.82, 2.24) is 9.88 Å². The molecule has 2 amide bonds. The molecule has 6 nitrogen and oxygen atoms in total. The Hall–Kier alpha value is -2.54. The molecule has 0 fully saturated rings. The molecule has 150 valence electrons. The fourth-order valence-electron chi connectivity index (χ4n) is 3.34. The van der Waals surface area contributed by atoms with Crippen LogP contribution in [0.25, 0.3) is 16.5 Å². The Morgan fingerprint density at radius 2 is 2.04 bits per heavy atom. The molecule has 0 unspecified atom stereocenters. The van der Waals surface area contributed by atoms with Crippen molar-refractivity contribution in [3.8, 4) is 0 Å². The average molecular weight is 408 g/mol. The van der Waals surface area contributed by atoms with E-state index in [1.165, 1.54) is 4.90 Å². The number of aromatic nitrogens is 1. The lowest BCUT2D eigenvalue weighted by Gasteiger charge is -2.30. The molecule has 0 spiro atoms. The monoisotopic (exact) mass is 407 g/mol. The molecular formula is C20H23ClFN3O3. The van der Waals surface area contributed by atoms with Gasteiger partial charge < -0.3 is 20.4 Å². The van der Waals surface area contributed by atoms with Crippen LogP contribution in [0.1, 0.15) is 48.8 Å². The number of hydrogen-bond donors (Lipinski definition) is 2. The van der Waals surface area contributed by atoms with Crippen LogP contribution in [0.2, 0.25) is 5.02 Å². The summed E-state index contributed by atoms with van der Waals surface area (Å²) in [7, 11) is 0. The summed E-state index contributed by atoms with van der Waals surface area (Å²) in [5, 5.41) is 0.715. The third-order valence-electron chi connectivity index (χ3n) is 4.53. The van der Waals surface area contributed by atoms with Crippen molar-refractivity contribution in [2.24, 2.45) is 5.73 Å². The van der Waals surface area contributed by atoms with Crippen molar-refractivity contribution >= 4 is 40.1 Å². The summed E-state index contributed by atoms with van der Waals surface area (Å²) in [4.78, 5) is 28.7. The SMILES string of the molecule is Cc1[nH]c2c(C(N)=O)cc(F)c(C3=CCCN(C(=O)OC(C)(C)C)C3)c2c1Cl. The molecule has 2 heterocycles. The lowest BCUT2D eigenvalue weighted by atomic mass is 9.95. The van der Waals surface area contributed by atoms with Crippen molar-refractivity contribution in [2.75, 3.05) is 13.1 Å². The number of halogens is 2. The van der Waals surface area contributed by atoms with Crippen LogP contribution >= 0.6 is 11.6 Å². The minimum Gasteiger partial charge on any atom is -0.444 e. The zero-order valence-corrected chi connectivity index (χ0v) is 17.0. The Morgan fingerprint density at radius 3 is 2.64 bits per heavy atom. The second kappa shape index (κ2) is 7.13. The lowest BCUT2D eigenvalue weighted by Crippen LogP contribution is -2.39. The van der Waals surface area contributed by atoms with Gasteiger partial charge >= 0.3 is 6.09 Å². The summed E-state index contributed by atoms with van der Waals surface area (Å²) in [6.07, 6.45) is 1.97. The number of ether oxygens (including phenoxy) is 1. The number of H-pyrrole nitrogens is 1. The zero-order valence-electron chi connectivity index (χ0n) is 16.3. The van der Waals surface area contributed by atoms with Gasteiger partial charge in [0.2, 0.25) is 0 Å². The van der Waals surface area contributed by atoms with Gasteiger partial charge in [-0.15, -0.1) is 0 Å². The Labute approximate surface area is 167 Å². The van der Waals surface area contributed by atoms with E-state index in [0.29, 0.717) is 40.2 Å². The topological polar surface area (TPSA) is 88.4 Å². The molecule has 28 heavy (non-hydrogen) atoms. The molecule has 1 aliphatic heterocycles. The van der Waals surface area contributed by atoms with Crippen molar-refractivity contribution < 1.29 is 18.7 Å². The largest absolute Gasteiger partial charge is 0.444 e. The Morgan fingerprint density at radius 1 is 1.36 bits per heavy atom. The van der Waals surface area contributed by atoms with Crippen LogP contribution in [0.3, 0.4) is 0 Å². The summed E-state index contributed by atoms with van der Waals surface area (Å²) in [6.45, 7) is 7.76. The highest BCUT2D eigenvalue weighted by atomic mass is 35.5. The number of carbonyl (C=O) groups excluding carboxylic acids is 2. The van der Waals surface area contributed by atoms with Crippen molar-refractivity contribution in [1.29, 1.82) is 0 Å². The van der Waals surface area contributed by atoms with Crippen LogP contribution in [-0.4, -0.2) is 40.6 Å². The zero-order chi connectivity index (χ0) is 20.8. The number of aryl methyl sites for hydroxylation is 1. The predicted molar refractivity (Wildman–Crippen MR) is 107 cm³/mol. The second-order valence-electron chi connectivity index (χ2n) is 7.88. The van der Waals surface area contributed by atoms with Gasteiger partial charge in [0.05, 0.1) is 16.1 Å². The third kappa shape index (κ3) is 3.71. The van der Waals surface area contributed by atoms with E-state index in [1.807, 2.05) is 6.08 Å². The van der Waals surface area contributed by atoms with Crippen LogP contribution in [-0.2, 0) is 4.74 Å². The average Bonchev–Trinajstić information content (AvgIpc) is 2.88. The van der Waals surface area contributed by atoms with Gasteiger partial charge in [-0.25, -0.2) is 9.18 Å². The van der Waals surface area contributed by atoms with E-state index >= 15 is 4.39 Å². The van der Waals surface area contributed by atoms with E-state index in [9.17, 15) is 9.59 Å². The Bertz CT molecular complexity index is 1000. The lowest BCUT2D eigenvalue weighted by molar-refractivity contribution is 0.0273. The number of benzene rings is 1. The molecule has 0 saturated heterocycles. The first-order valence-electron chi connectivity index (χ1n) is 8.97. The van der Waals surface area contributed by atoms with Gasteiger partial charge in [0, 0.05) is 29.7 Å². The van der Waals surface area contributed by atoms with Crippen LogP contribution < -0.4 is 5.73 Å². The number of carbonyl (C=O) groups is 2. The maximum atomic E-state index is 15.1. The molecule has 1 aromatic carbocycles. The molecule has 0 bridgehead atoms. The standard InChI is InChI=1S/C20H23ClFN3O3/c1-10-16(21)15-14(13(22)8-12(18(23)26)17(15)24-10)11-6-5-7-25(9-11)19(27)28-20(2,3)4/h6,8,24H,5,7,9H2,1-4H3,(H2,23,26). The van der Waals surface area contributed by atoms with Gasteiger partial charge in [0.25, 0.3) is 5.91 Å². The van der Waals surface area contributed by atoms with Gasteiger partial charge in [-0.05, 0) is 45.8 Å². The summed E-state index contributed by atoms with van der Waals surface area (Å²) >= 11 is 6.42. The van der Waals surface area contributed by atoms with Crippen molar-refractivity contribution in [3.63, 3.8) is 0 Å². The van der Waals surface area contributed by atoms with Gasteiger partial charge in [0.15, 0.2) is 0 Å². The molecule has 3 N–H and O–H groups in total. The number of aromatic amines is 1. The summed E-state index contributed by atoms with van der Waals surface area (Å²) in [5.74, 6) is -1.36. The van der Waals surface area contributed by atoms with Gasteiger partial charge in [-0.1, -0.05) is 17.7 Å². The molecule has 3 rings (SSSR count). The molecule has 2 aromatic rings. The highest BCUT2D eigenvalue weighted by molar-refractivity contribution is 6.37. The van der Waals surface area contributed by atoms with Crippen molar-refractivity contribution in [3.05, 3.63) is 39.8 Å². The number of nitrogens with two attached hydrogens (primary N) is 1. The maximum Gasteiger partial charge on any atom is 0.410 e. The molecule has 0 atom stereocenters. The molecule has 8 heteroatoms. The van der Waals surface area contributed by atoms with E-state index in [0.717, 1.165) is 6.07 Å². The molecular weight excluding hydrogens is 385 g/mol. The minimum absolute atomic E-state index is 0.0339. The first kappa shape index (κ1) is 20.2. The van der Waals surface area contributed by atoms with Gasteiger partial charge in [0.1, 0.15) is 11.4 Å². The van der Waals surface area contributed by atoms with Gasteiger partial charge in [-0.2, -0.15) is 0 Å². The molecule has 0 radical (unpaired) electrons. The molecule has 1 aliphatic rings. The maximum absolute atomic E-state index is 15.1. The van der Waals surface area contributed by atoms with Crippen LogP contribution in [0.15, 0.2) is 12.1 Å². The number of rotatable bonds is 2. The molecule has 0 saturated carbocycles. The predicted octanol–water partition coefficient (Wildman–Crippen LogP) is 4.39. The summed E-state index contributed by atoms with van der Waals surface area (Å²) in [6, 6.07) is 1.11. The third-order valence-corrected chi connectivity index (χ3v) is 5.00. The number of nitrogens with zero attached hydrogens (tertiary/aromatic N) is 1. The van der Waals surface area contributed by atoms with Crippen LogP contribution in [0.4, 0.5) is 9.18 Å². The van der Waals surface area contributed by atoms with E-state index in [2.05, 4.69) is 4.98 Å². The molecule has 1 aromatic heterocycles. The molecule has 0 aliphatic carbocycles. The highest BCUT2D eigenvalue weighted by Crippen LogP contribution is 2.38. The highest BCUT2D eigenvalue weighted by Gasteiger charge is 2.28. The second-order valence-corrected chi connectivity index (χ2v) is 8.26. The van der Waals surface area contributed by atoms with Crippen LogP contribution in [0.5, 0.6) is 0 Å². The van der Waals surface area contributed by atoms with E-state index < -0.39 is 23.4 Å². The fourth-order valence-corrected chi connectivity index (χ4v) is 3.58. The Kier molecular flexibility index (Phi) is 5.14. The number of hydrogen-bond acceptors (Lipinski definition) is 3. The number of nitrogens with one attached hydrogen (secondary N) is 1. The van der Waals surface area contributed by atoms with Gasteiger partial charge in [-0.3, -0.25) is 4.79 Å². The van der Waals surface area contributed by atoms with Crippen molar-refractivity contribution in [2.45, 2.75) is 39.7 Å². The van der Waals surface area contributed by atoms with E-state index in [1.54, 1.807) is 27.7 Å². The Balaban J connectivity index is 2.08. The van der Waals surface area contributed by atoms with E-state index in [4.69, 9.17) is 22.1 Å². The normalized spacial score (nSPS) is 14.9. The van der Waals surface area contributed by atoms with E-state index in [-0.39, 0.29) is 17.7 Å². The summed E-state index contributed by atoms with van der Waals surface area (Å²) < 4.78 is 20.5. The first-order chi connectivity index (χ1) is 13.0. The quantitative estimate of drug-likeness (QED) is 0.773. The smallest absolute Gasteiger partial charge is 0.410 e.